The van der Waals surface area contributed by atoms with Gasteiger partial charge in [0.25, 0.3) is 0 Å². The topological polar surface area (TPSA) is 75.6 Å². The van der Waals surface area contributed by atoms with E-state index in [0.717, 1.165) is 11.1 Å². The van der Waals surface area contributed by atoms with Gasteiger partial charge in [-0.25, -0.2) is 9.59 Å². The Kier molecular flexibility index (Phi) is 4.69. The molecule has 0 saturated heterocycles. The number of anilines is 1. The lowest BCUT2D eigenvalue weighted by atomic mass is 10.0. The molecule has 0 bridgehead atoms. The highest BCUT2D eigenvalue weighted by Crippen LogP contribution is 2.25. The highest BCUT2D eigenvalue weighted by Gasteiger charge is 2.19. The van der Waals surface area contributed by atoms with E-state index in [1.165, 1.54) is 6.07 Å². The molecular weight excluding hydrogens is 294 g/mol. The minimum Gasteiger partial charge on any atom is -0.478 e. The zero-order valence-corrected chi connectivity index (χ0v) is 13.3. The number of carbonyl (C=O) groups is 2. The summed E-state index contributed by atoms with van der Waals surface area (Å²) in [6.45, 7) is 5.22. The van der Waals surface area contributed by atoms with Gasteiger partial charge in [-0.05, 0) is 44.0 Å². The van der Waals surface area contributed by atoms with Crippen LogP contribution in [0.3, 0.4) is 0 Å². The molecule has 5 heteroatoms. The van der Waals surface area contributed by atoms with Crippen LogP contribution >= 0.6 is 0 Å². The lowest BCUT2D eigenvalue weighted by molar-refractivity contribution is 0.0636. The fourth-order valence-electron chi connectivity index (χ4n) is 2.05. The van der Waals surface area contributed by atoms with Crippen molar-refractivity contribution in [3.05, 3.63) is 54.1 Å². The maximum Gasteiger partial charge on any atom is 0.412 e. The molecule has 23 heavy (non-hydrogen) atoms. The van der Waals surface area contributed by atoms with Crippen molar-refractivity contribution in [1.29, 1.82) is 0 Å². The molecule has 2 aromatic rings. The Hall–Kier alpha value is -2.82. The van der Waals surface area contributed by atoms with Gasteiger partial charge in [-0.3, -0.25) is 5.32 Å². The van der Waals surface area contributed by atoms with Gasteiger partial charge in [0.05, 0.1) is 11.3 Å². The number of rotatable bonds is 3. The standard InChI is InChI=1S/C18H19NO4/c1-18(2,3)23-17(22)19-15-10-9-13(11-14(15)16(20)21)12-7-5-4-6-8-12/h4-11H,1-3H3,(H,19,22)(H,20,21). The zero-order valence-electron chi connectivity index (χ0n) is 13.3. The van der Waals surface area contributed by atoms with Crippen molar-refractivity contribution >= 4 is 17.7 Å². The van der Waals surface area contributed by atoms with Crippen molar-refractivity contribution in [1.82, 2.24) is 0 Å². The van der Waals surface area contributed by atoms with Crippen LogP contribution in [-0.2, 0) is 4.74 Å². The summed E-state index contributed by atoms with van der Waals surface area (Å²) in [7, 11) is 0. The Balaban J connectivity index is 2.31. The number of nitrogens with one attached hydrogen (secondary N) is 1. The third-order valence-electron chi connectivity index (χ3n) is 2.99. The van der Waals surface area contributed by atoms with Crippen LogP contribution in [0.4, 0.5) is 10.5 Å². The second-order valence-corrected chi connectivity index (χ2v) is 6.06. The normalized spacial score (nSPS) is 10.9. The maximum atomic E-state index is 11.8. The van der Waals surface area contributed by atoms with E-state index in [0.29, 0.717) is 0 Å². The van der Waals surface area contributed by atoms with Gasteiger partial charge >= 0.3 is 12.1 Å². The number of aromatic carboxylic acids is 1. The number of carboxylic acids is 1. The van der Waals surface area contributed by atoms with E-state index in [1.807, 2.05) is 30.3 Å². The lowest BCUT2D eigenvalue weighted by Gasteiger charge is -2.20. The lowest BCUT2D eigenvalue weighted by Crippen LogP contribution is -2.27. The molecule has 0 unspecified atom stereocenters. The van der Waals surface area contributed by atoms with Gasteiger partial charge in [0, 0.05) is 0 Å². The molecule has 2 rings (SSSR count). The first-order valence-corrected chi connectivity index (χ1v) is 7.19. The Bertz CT molecular complexity index is 718. The molecule has 0 aliphatic rings. The molecule has 120 valence electrons. The quantitative estimate of drug-likeness (QED) is 0.880. The van der Waals surface area contributed by atoms with E-state index < -0.39 is 17.7 Å². The minimum atomic E-state index is -1.12. The van der Waals surface area contributed by atoms with Crippen LogP contribution in [0, 0.1) is 0 Å². The minimum absolute atomic E-state index is 0.0113. The summed E-state index contributed by atoms with van der Waals surface area (Å²) in [4.78, 5) is 23.3. The van der Waals surface area contributed by atoms with Crippen molar-refractivity contribution in [2.75, 3.05) is 5.32 Å². The molecule has 0 aliphatic heterocycles. The van der Waals surface area contributed by atoms with Crippen LogP contribution in [0.5, 0.6) is 0 Å². The predicted octanol–water partition coefficient (Wildman–Crippen LogP) is 4.40. The van der Waals surface area contributed by atoms with Gasteiger partial charge in [-0.1, -0.05) is 36.4 Å². The summed E-state index contributed by atoms with van der Waals surface area (Å²) in [5.74, 6) is -1.12. The van der Waals surface area contributed by atoms with E-state index in [4.69, 9.17) is 4.74 Å². The molecule has 0 atom stereocenters. The van der Waals surface area contributed by atoms with Crippen molar-refractivity contribution in [3.8, 4) is 11.1 Å². The summed E-state index contributed by atoms with van der Waals surface area (Å²) in [6.07, 6.45) is -0.688. The number of benzene rings is 2. The Morgan fingerprint density at radius 3 is 2.22 bits per heavy atom. The Labute approximate surface area is 134 Å². The Morgan fingerprint density at radius 1 is 1.00 bits per heavy atom. The summed E-state index contributed by atoms with van der Waals surface area (Å²) in [5.41, 5.74) is 1.22. The fraction of sp³-hybridized carbons (Fsp3) is 0.222. The monoisotopic (exact) mass is 313 g/mol. The fourth-order valence-corrected chi connectivity index (χ4v) is 2.05. The van der Waals surface area contributed by atoms with Crippen LogP contribution in [-0.4, -0.2) is 22.8 Å². The SMILES string of the molecule is CC(C)(C)OC(=O)Nc1ccc(-c2ccccc2)cc1C(=O)O. The molecule has 0 heterocycles. The number of hydrogen-bond acceptors (Lipinski definition) is 3. The van der Waals surface area contributed by atoms with Crippen molar-refractivity contribution < 1.29 is 19.4 Å². The molecule has 2 N–H and O–H groups in total. The summed E-state index contributed by atoms with van der Waals surface area (Å²) < 4.78 is 5.15. The molecule has 5 nitrogen and oxygen atoms in total. The smallest absolute Gasteiger partial charge is 0.412 e. The van der Waals surface area contributed by atoms with Gasteiger partial charge in [0.2, 0.25) is 0 Å². The summed E-state index contributed by atoms with van der Waals surface area (Å²) >= 11 is 0. The number of carboxylic acid groups (broad SMARTS) is 1. The second kappa shape index (κ2) is 6.52. The van der Waals surface area contributed by atoms with E-state index >= 15 is 0 Å². The summed E-state index contributed by atoms with van der Waals surface area (Å²) in [5, 5.41) is 11.9. The average Bonchev–Trinajstić information content (AvgIpc) is 2.46. The molecular formula is C18H19NO4. The number of ether oxygens (including phenoxy) is 1. The first-order valence-electron chi connectivity index (χ1n) is 7.19. The number of carbonyl (C=O) groups excluding carboxylic acids is 1. The van der Waals surface area contributed by atoms with Gasteiger partial charge in [0.1, 0.15) is 5.60 Å². The third kappa shape index (κ3) is 4.57. The third-order valence-corrected chi connectivity index (χ3v) is 2.99. The second-order valence-electron chi connectivity index (χ2n) is 6.06. The maximum absolute atomic E-state index is 11.8. The molecule has 2 aromatic carbocycles. The zero-order chi connectivity index (χ0) is 17.0. The van der Waals surface area contributed by atoms with Gasteiger partial charge in [0.15, 0.2) is 0 Å². The van der Waals surface area contributed by atoms with Crippen molar-refractivity contribution in [2.24, 2.45) is 0 Å². The largest absolute Gasteiger partial charge is 0.478 e. The number of amides is 1. The van der Waals surface area contributed by atoms with E-state index in [2.05, 4.69) is 5.32 Å². The first-order chi connectivity index (χ1) is 10.8. The molecule has 0 saturated carbocycles. The first kappa shape index (κ1) is 16.5. The van der Waals surface area contributed by atoms with Crippen molar-refractivity contribution in [3.63, 3.8) is 0 Å². The highest BCUT2D eigenvalue weighted by atomic mass is 16.6. The summed E-state index contributed by atoms with van der Waals surface area (Å²) in [6, 6.07) is 14.3. The van der Waals surface area contributed by atoms with E-state index in [-0.39, 0.29) is 11.3 Å². The van der Waals surface area contributed by atoms with Gasteiger partial charge < -0.3 is 9.84 Å². The van der Waals surface area contributed by atoms with Crippen LogP contribution in [0.25, 0.3) is 11.1 Å². The van der Waals surface area contributed by atoms with E-state index in [9.17, 15) is 14.7 Å². The molecule has 0 fully saturated rings. The van der Waals surface area contributed by atoms with Crippen LogP contribution in [0.2, 0.25) is 0 Å². The van der Waals surface area contributed by atoms with Crippen LogP contribution in [0.15, 0.2) is 48.5 Å². The molecule has 0 aromatic heterocycles. The Morgan fingerprint density at radius 2 is 1.65 bits per heavy atom. The molecule has 0 aliphatic carbocycles. The molecule has 1 amide bonds. The van der Waals surface area contributed by atoms with E-state index in [1.54, 1.807) is 32.9 Å². The predicted molar refractivity (Wildman–Crippen MR) is 88.7 cm³/mol. The average molecular weight is 313 g/mol. The number of hydrogen-bond donors (Lipinski definition) is 2. The van der Waals surface area contributed by atoms with Gasteiger partial charge in [-0.15, -0.1) is 0 Å². The van der Waals surface area contributed by atoms with Crippen LogP contribution < -0.4 is 5.32 Å². The highest BCUT2D eigenvalue weighted by molar-refractivity contribution is 6.00. The van der Waals surface area contributed by atoms with Gasteiger partial charge in [-0.2, -0.15) is 0 Å². The molecule has 0 spiro atoms. The van der Waals surface area contributed by atoms with Crippen molar-refractivity contribution in [2.45, 2.75) is 26.4 Å². The molecule has 0 radical (unpaired) electrons. The van der Waals surface area contributed by atoms with Crippen LogP contribution in [0.1, 0.15) is 31.1 Å².